The van der Waals surface area contributed by atoms with Crippen LogP contribution in [-0.2, 0) is 6.42 Å². The van der Waals surface area contributed by atoms with Gasteiger partial charge in [0.15, 0.2) is 11.8 Å². The molecule has 0 spiro atoms. The van der Waals surface area contributed by atoms with E-state index in [1.54, 1.807) is 7.05 Å². The predicted molar refractivity (Wildman–Crippen MR) is 78.7 cm³/mol. The third kappa shape index (κ3) is 4.51. The Kier molecular flexibility index (Phi) is 5.38. The molecule has 1 saturated carbocycles. The summed E-state index contributed by atoms with van der Waals surface area (Å²) in [7, 11) is 1.80. The highest BCUT2D eigenvalue weighted by molar-refractivity contribution is 5.79. The highest BCUT2D eigenvalue weighted by Crippen LogP contribution is 2.23. The fraction of sp³-hybridized carbons (Fsp3) is 0.786. The zero-order chi connectivity index (χ0) is 14.4. The number of hydrogen-bond donors (Lipinski definition) is 2. The van der Waals surface area contributed by atoms with Crippen LogP contribution in [0, 0.1) is 12.8 Å². The number of guanidine groups is 1. The second-order valence-corrected chi connectivity index (χ2v) is 5.59. The molecule has 0 unspecified atom stereocenters. The van der Waals surface area contributed by atoms with Crippen molar-refractivity contribution in [3.05, 3.63) is 11.7 Å². The van der Waals surface area contributed by atoms with E-state index in [-0.39, 0.29) is 0 Å². The van der Waals surface area contributed by atoms with Crippen LogP contribution in [-0.4, -0.2) is 35.7 Å². The Morgan fingerprint density at radius 2 is 2.10 bits per heavy atom. The summed E-state index contributed by atoms with van der Waals surface area (Å²) in [6, 6.07) is 0.544. The minimum Gasteiger partial charge on any atom is -0.356 e. The van der Waals surface area contributed by atoms with Gasteiger partial charge < -0.3 is 15.2 Å². The summed E-state index contributed by atoms with van der Waals surface area (Å²) in [5, 5.41) is 10.6. The smallest absolute Gasteiger partial charge is 0.228 e. The van der Waals surface area contributed by atoms with Crippen molar-refractivity contribution in [3.63, 3.8) is 0 Å². The van der Waals surface area contributed by atoms with Gasteiger partial charge in [0.25, 0.3) is 0 Å². The van der Waals surface area contributed by atoms with Crippen molar-refractivity contribution in [2.45, 2.75) is 52.0 Å². The lowest BCUT2D eigenvalue weighted by molar-refractivity contribution is 0.329. The van der Waals surface area contributed by atoms with E-state index in [9.17, 15) is 0 Å². The molecule has 0 amide bonds. The lowest BCUT2D eigenvalue weighted by atomic mass is 9.87. The second-order valence-electron chi connectivity index (χ2n) is 5.59. The predicted octanol–water partition coefficient (Wildman–Crippen LogP) is 1.66. The fourth-order valence-corrected chi connectivity index (χ4v) is 2.52. The molecule has 1 heterocycles. The van der Waals surface area contributed by atoms with Crippen LogP contribution in [0.1, 0.15) is 44.3 Å². The van der Waals surface area contributed by atoms with E-state index in [1.165, 1.54) is 25.7 Å². The van der Waals surface area contributed by atoms with Crippen LogP contribution in [0.25, 0.3) is 0 Å². The Hall–Kier alpha value is -1.59. The molecule has 20 heavy (non-hydrogen) atoms. The van der Waals surface area contributed by atoms with Gasteiger partial charge in [-0.3, -0.25) is 4.99 Å². The molecule has 0 aromatic carbocycles. The van der Waals surface area contributed by atoms with Crippen LogP contribution in [0.4, 0.5) is 0 Å². The van der Waals surface area contributed by atoms with Crippen molar-refractivity contribution < 1.29 is 4.52 Å². The van der Waals surface area contributed by atoms with Gasteiger partial charge in [-0.05, 0) is 38.5 Å². The molecular formula is C14H25N5O. The minimum absolute atomic E-state index is 0.544. The summed E-state index contributed by atoms with van der Waals surface area (Å²) >= 11 is 0. The molecule has 1 aromatic rings. The van der Waals surface area contributed by atoms with Crippen molar-refractivity contribution in [2.75, 3.05) is 13.6 Å². The maximum atomic E-state index is 5.08. The minimum atomic E-state index is 0.544. The largest absolute Gasteiger partial charge is 0.356 e. The number of nitrogens with zero attached hydrogens (tertiary/aromatic N) is 3. The molecule has 0 bridgehead atoms. The molecule has 1 aliphatic rings. The van der Waals surface area contributed by atoms with Crippen LogP contribution in [0.15, 0.2) is 9.52 Å². The Bertz CT molecular complexity index is 435. The lowest BCUT2D eigenvalue weighted by Crippen LogP contribution is -2.45. The van der Waals surface area contributed by atoms with E-state index in [4.69, 9.17) is 4.52 Å². The maximum absolute atomic E-state index is 5.08. The van der Waals surface area contributed by atoms with Crippen molar-refractivity contribution in [1.82, 2.24) is 20.8 Å². The van der Waals surface area contributed by atoms with E-state index in [0.717, 1.165) is 18.4 Å². The summed E-state index contributed by atoms with van der Waals surface area (Å²) < 4.78 is 5.08. The molecule has 1 aromatic heterocycles. The summed E-state index contributed by atoms with van der Waals surface area (Å²) in [6.07, 6.45) is 5.77. The van der Waals surface area contributed by atoms with Gasteiger partial charge in [-0.25, -0.2) is 0 Å². The molecule has 1 fully saturated rings. The first-order valence-electron chi connectivity index (χ1n) is 7.43. The number of hydrogen-bond acceptors (Lipinski definition) is 4. The first-order valence-corrected chi connectivity index (χ1v) is 7.43. The van der Waals surface area contributed by atoms with Crippen LogP contribution < -0.4 is 10.6 Å². The van der Waals surface area contributed by atoms with Gasteiger partial charge in [-0.1, -0.05) is 12.1 Å². The van der Waals surface area contributed by atoms with Gasteiger partial charge in [0, 0.05) is 26.1 Å². The molecule has 0 saturated heterocycles. The van der Waals surface area contributed by atoms with E-state index in [1.807, 2.05) is 6.92 Å². The van der Waals surface area contributed by atoms with Gasteiger partial charge in [-0.2, -0.15) is 4.98 Å². The van der Waals surface area contributed by atoms with Gasteiger partial charge in [-0.15, -0.1) is 0 Å². The summed E-state index contributed by atoms with van der Waals surface area (Å²) in [5.74, 6) is 3.07. The van der Waals surface area contributed by atoms with Gasteiger partial charge in [0.2, 0.25) is 5.89 Å². The van der Waals surface area contributed by atoms with Crippen LogP contribution >= 0.6 is 0 Å². The van der Waals surface area contributed by atoms with Crippen molar-refractivity contribution in [1.29, 1.82) is 0 Å². The van der Waals surface area contributed by atoms with Gasteiger partial charge in [0.1, 0.15) is 0 Å². The molecule has 6 heteroatoms. The molecule has 1 aliphatic carbocycles. The van der Waals surface area contributed by atoms with E-state index in [0.29, 0.717) is 24.2 Å². The quantitative estimate of drug-likeness (QED) is 0.647. The summed E-state index contributed by atoms with van der Waals surface area (Å²) in [4.78, 5) is 8.44. The monoisotopic (exact) mass is 279 g/mol. The SMILES string of the molecule is CN=C(NCCc1nc(C)no1)NC1CCC(C)CC1. The molecule has 2 rings (SSSR count). The third-order valence-electron chi connectivity index (χ3n) is 3.78. The molecule has 0 aliphatic heterocycles. The Morgan fingerprint density at radius 3 is 2.70 bits per heavy atom. The fourth-order valence-electron chi connectivity index (χ4n) is 2.52. The Morgan fingerprint density at radius 1 is 1.35 bits per heavy atom. The maximum Gasteiger partial charge on any atom is 0.228 e. The molecule has 2 N–H and O–H groups in total. The number of rotatable bonds is 4. The number of aromatic nitrogens is 2. The molecule has 0 radical (unpaired) electrons. The van der Waals surface area contributed by atoms with Crippen molar-refractivity contribution in [3.8, 4) is 0 Å². The zero-order valence-corrected chi connectivity index (χ0v) is 12.6. The highest BCUT2D eigenvalue weighted by atomic mass is 16.5. The first kappa shape index (κ1) is 14.8. The topological polar surface area (TPSA) is 75.3 Å². The van der Waals surface area contributed by atoms with E-state index < -0.39 is 0 Å². The number of aliphatic imine (C=N–C) groups is 1. The first-order chi connectivity index (χ1) is 9.67. The molecule has 0 atom stereocenters. The number of aryl methyl sites for hydroxylation is 1. The lowest BCUT2D eigenvalue weighted by Gasteiger charge is -2.28. The van der Waals surface area contributed by atoms with E-state index in [2.05, 4.69) is 32.7 Å². The summed E-state index contributed by atoms with van der Waals surface area (Å²) in [5.41, 5.74) is 0. The van der Waals surface area contributed by atoms with Crippen LogP contribution in [0.3, 0.4) is 0 Å². The summed E-state index contributed by atoms with van der Waals surface area (Å²) in [6.45, 7) is 4.89. The van der Waals surface area contributed by atoms with E-state index >= 15 is 0 Å². The third-order valence-corrected chi connectivity index (χ3v) is 3.78. The van der Waals surface area contributed by atoms with Crippen LogP contribution in [0.5, 0.6) is 0 Å². The Labute approximate surface area is 120 Å². The Balaban J connectivity index is 1.70. The van der Waals surface area contributed by atoms with Crippen molar-refractivity contribution in [2.24, 2.45) is 10.9 Å². The van der Waals surface area contributed by atoms with Gasteiger partial charge >= 0.3 is 0 Å². The molecule has 6 nitrogen and oxygen atoms in total. The molecular weight excluding hydrogens is 254 g/mol. The average Bonchev–Trinajstić information content (AvgIpc) is 2.85. The highest BCUT2D eigenvalue weighted by Gasteiger charge is 2.18. The van der Waals surface area contributed by atoms with Gasteiger partial charge in [0.05, 0.1) is 0 Å². The second kappa shape index (κ2) is 7.26. The molecule has 112 valence electrons. The zero-order valence-electron chi connectivity index (χ0n) is 12.6. The standard InChI is InChI=1S/C14H25N5O/c1-10-4-6-12(7-5-10)18-14(15-3)16-9-8-13-17-11(2)19-20-13/h10,12H,4-9H2,1-3H3,(H2,15,16,18). The number of nitrogens with one attached hydrogen (secondary N) is 2. The van der Waals surface area contributed by atoms with Crippen LogP contribution in [0.2, 0.25) is 0 Å². The normalized spacial score (nSPS) is 23.6. The average molecular weight is 279 g/mol. The van der Waals surface area contributed by atoms with Crippen molar-refractivity contribution >= 4 is 5.96 Å².